The molecule has 0 radical (unpaired) electrons. The van der Waals surface area contributed by atoms with Crippen molar-refractivity contribution >= 4 is 0 Å². The maximum atomic E-state index is 3.88. The lowest BCUT2D eigenvalue weighted by Gasteiger charge is -1.82. The summed E-state index contributed by atoms with van der Waals surface area (Å²) in [6, 6.07) is 3.95. The van der Waals surface area contributed by atoms with Crippen LogP contribution in [0.3, 0.4) is 0 Å². The lowest BCUT2D eigenvalue weighted by atomic mass is 10.3. The Bertz CT molecular complexity index is 165. The fourth-order valence-electron chi connectivity index (χ4n) is 0.448. The summed E-state index contributed by atoms with van der Waals surface area (Å²) in [6.45, 7) is 2.02. The SMILES string of the molecule is C1CC1.Cc1cccnc1. The predicted octanol–water partition coefficient (Wildman–Crippen LogP) is 2.56. The highest BCUT2D eigenvalue weighted by molar-refractivity contribution is 5.04. The Labute approximate surface area is 62.1 Å². The van der Waals surface area contributed by atoms with Crippen LogP contribution in [0, 0.1) is 6.92 Å². The van der Waals surface area contributed by atoms with E-state index in [2.05, 4.69) is 4.98 Å². The number of aromatic nitrogens is 1. The van der Waals surface area contributed by atoms with Gasteiger partial charge in [-0.2, -0.15) is 0 Å². The molecule has 0 N–H and O–H groups in total. The van der Waals surface area contributed by atoms with Gasteiger partial charge in [-0.25, -0.2) is 0 Å². The first kappa shape index (κ1) is 7.26. The molecule has 1 aliphatic rings. The molecule has 2 rings (SSSR count). The molecule has 1 heterocycles. The van der Waals surface area contributed by atoms with E-state index in [1.165, 1.54) is 24.8 Å². The highest BCUT2D eigenvalue weighted by atomic mass is 14.6. The quantitative estimate of drug-likeness (QED) is 0.532. The third-order valence-corrected chi connectivity index (χ3v) is 1.16. The van der Waals surface area contributed by atoms with E-state index in [-0.39, 0.29) is 0 Å². The van der Waals surface area contributed by atoms with Crippen LogP contribution < -0.4 is 0 Å². The van der Waals surface area contributed by atoms with Crippen LogP contribution in [0.2, 0.25) is 0 Å². The van der Waals surface area contributed by atoms with E-state index >= 15 is 0 Å². The zero-order valence-corrected chi connectivity index (χ0v) is 6.38. The van der Waals surface area contributed by atoms with Gasteiger partial charge in [0.25, 0.3) is 0 Å². The average molecular weight is 135 g/mol. The Morgan fingerprint density at radius 2 is 2.00 bits per heavy atom. The Morgan fingerprint density at radius 3 is 2.20 bits per heavy atom. The first-order valence-corrected chi connectivity index (χ1v) is 3.76. The summed E-state index contributed by atoms with van der Waals surface area (Å²) in [4.78, 5) is 3.88. The molecule has 1 aromatic rings. The second kappa shape index (κ2) is 4.04. The molecule has 1 nitrogen and oxygen atoms in total. The second-order valence-corrected chi connectivity index (χ2v) is 2.59. The van der Waals surface area contributed by atoms with Gasteiger partial charge in [0.15, 0.2) is 0 Å². The molecule has 1 heteroatoms. The van der Waals surface area contributed by atoms with Gasteiger partial charge in [0, 0.05) is 12.4 Å². The van der Waals surface area contributed by atoms with E-state index in [0.717, 1.165) is 0 Å². The molecule has 54 valence electrons. The van der Waals surface area contributed by atoms with Crippen LogP contribution >= 0.6 is 0 Å². The maximum Gasteiger partial charge on any atom is 0.0297 e. The third-order valence-electron chi connectivity index (χ3n) is 1.16. The van der Waals surface area contributed by atoms with Gasteiger partial charge in [0.1, 0.15) is 0 Å². The lowest BCUT2D eigenvalue weighted by Crippen LogP contribution is -1.69. The molecule has 1 saturated carbocycles. The number of pyridine rings is 1. The van der Waals surface area contributed by atoms with Crippen molar-refractivity contribution in [2.75, 3.05) is 0 Å². The number of hydrogen-bond acceptors (Lipinski definition) is 1. The van der Waals surface area contributed by atoms with Crippen LogP contribution in [0.5, 0.6) is 0 Å². The fourth-order valence-corrected chi connectivity index (χ4v) is 0.448. The van der Waals surface area contributed by atoms with Gasteiger partial charge < -0.3 is 0 Å². The van der Waals surface area contributed by atoms with Crippen molar-refractivity contribution in [3.63, 3.8) is 0 Å². The summed E-state index contributed by atoms with van der Waals surface area (Å²) >= 11 is 0. The Balaban J connectivity index is 0.000000138. The maximum absolute atomic E-state index is 3.88. The van der Waals surface area contributed by atoms with Crippen LogP contribution in [-0.4, -0.2) is 4.98 Å². The van der Waals surface area contributed by atoms with Crippen molar-refractivity contribution < 1.29 is 0 Å². The van der Waals surface area contributed by atoms with Gasteiger partial charge in [-0.15, -0.1) is 0 Å². The number of hydrogen-bond donors (Lipinski definition) is 0. The van der Waals surface area contributed by atoms with Crippen LogP contribution in [0.25, 0.3) is 0 Å². The summed E-state index contributed by atoms with van der Waals surface area (Å²) in [7, 11) is 0. The Kier molecular flexibility index (Phi) is 2.94. The summed E-state index contributed by atoms with van der Waals surface area (Å²) in [5, 5.41) is 0. The molecular weight excluding hydrogens is 122 g/mol. The Hall–Kier alpha value is -0.850. The van der Waals surface area contributed by atoms with Crippen molar-refractivity contribution in [3.05, 3.63) is 30.1 Å². The molecule has 1 aromatic heterocycles. The average Bonchev–Trinajstić information content (AvgIpc) is 2.73. The molecule has 0 aromatic carbocycles. The largest absolute Gasteiger partial charge is 0.264 e. The zero-order valence-electron chi connectivity index (χ0n) is 6.38. The van der Waals surface area contributed by atoms with Crippen molar-refractivity contribution in [2.24, 2.45) is 0 Å². The molecule has 0 unspecified atom stereocenters. The standard InChI is InChI=1S/C6H7N.C3H6/c1-6-3-2-4-7-5-6;1-2-3-1/h2-5H,1H3;1-3H2. The molecular formula is C9H13N. The summed E-state index contributed by atoms with van der Waals surface area (Å²) in [5.41, 5.74) is 1.21. The smallest absolute Gasteiger partial charge is 0.0297 e. The normalized spacial score (nSPS) is 13.3. The van der Waals surface area contributed by atoms with E-state index in [0.29, 0.717) is 0 Å². The second-order valence-electron chi connectivity index (χ2n) is 2.59. The zero-order chi connectivity index (χ0) is 7.23. The number of aryl methyl sites for hydroxylation is 1. The first-order chi connectivity index (χ1) is 4.89. The molecule has 0 saturated heterocycles. The number of rotatable bonds is 0. The minimum Gasteiger partial charge on any atom is -0.264 e. The first-order valence-electron chi connectivity index (χ1n) is 3.76. The van der Waals surface area contributed by atoms with Gasteiger partial charge in [0.2, 0.25) is 0 Å². The summed E-state index contributed by atoms with van der Waals surface area (Å²) < 4.78 is 0. The van der Waals surface area contributed by atoms with Crippen LogP contribution in [0.15, 0.2) is 24.5 Å². The van der Waals surface area contributed by atoms with Crippen molar-refractivity contribution in [1.82, 2.24) is 4.98 Å². The topological polar surface area (TPSA) is 12.9 Å². The van der Waals surface area contributed by atoms with Crippen LogP contribution in [0.4, 0.5) is 0 Å². The van der Waals surface area contributed by atoms with E-state index in [4.69, 9.17) is 0 Å². The summed E-state index contributed by atoms with van der Waals surface area (Å²) in [6.07, 6.45) is 8.10. The van der Waals surface area contributed by atoms with E-state index in [9.17, 15) is 0 Å². The minimum absolute atomic E-state index is 1.21. The fraction of sp³-hybridized carbons (Fsp3) is 0.444. The van der Waals surface area contributed by atoms with Gasteiger partial charge in [-0.1, -0.05) is 25.3 Å². The van der Waals surface area contributed by atoms with E-state index < -0.39 is 0 Å². The monoisotopic (exact) mass is 135 g/mol. The minimum atomic E-state index is 1.21. The molecule has 0 atom stereocenters. The van der Waals surface area contributed by atoms with Gasteiger partial charge in [-0.3, -0.25) is 4.98 Å². The van der Waals surface area contributed by atoms with Gasteiger partial charge in [0.05, 0.1) is 0 Å². The van der Waals surface area contributed by atoms with Crippen molar-refractivity contribution in [2.45, 2.75) is 26.2 Å². The van der Waals surface area contributed by atoms with Crippen molar-refractivity contribution in [1.29, 1.82) is 0 Å². The molecule has 10 heavy (non-hydrogen) atoms. The molecule has 0 bridgehead atoms. The molecule has 0 amide bonds. The summed E-state index contributed by atoms with van der Waals surface area (Å²) in [5.74, 6) is 0. The molecule has 1 aliphatic carbocycles. The van der Waals surface area contributed by atoms with Gasteiger partial charge >= 0.3 is 0 Å². The predicted molar refractivity (Wildman–Crippen MR) is 42.8 cm³/mol. The lowest BCUT2D eigenvalue weighted by molar-refractivity contribution is 1.27. The molecule has 1 fully saturated rings. The van der Waals surface area contributed by atoms with Crippen molar-refractivity contribution in [3.8, 4) is 0 Å². The highest BCUT2D eigenvalue weighted by Crippen LogP contribution is 2.14. The highest BCUT2D eigenvalue weighted by Gasteiger charge is 1.95. The van der Waals surface area contributed by atoms with E-state index in [1.807, 2.05) is 25.3 Å². The van der Waals surface area contributed by atoms with Gasteiger partial charge in [-0.05, 0) is 18.6 Å². The van der Waals surface area contributed by atoms with Crippen LogP contribution in [-0.2, 0) is 0 Å². The molecule has 0 aliphatic heterocycles. The molecule has 0 spiro atoms. The third kappa shape index (κ3) is 4.07. The Morgan fingerprint density at radius 1 is 1.30 bits per heavy atom. The van der Waals surface area contributed by atoms with E-state index in [1.54, 1.807) is 6.20 Å². The van der Waals surface area contributed by atoms with Crippen LogP contribution in [0.1, 0.15) is 24.8 Å². The number of nitrogens with zero attached hydrogens (tertiary/aromatic N) is 1.